The lowest BCUT2D eigenvalue weighted by Gasteiger charge is -2.08. The monoisotopic (exact) mass is 440 g/mol. The SMILES string of the molecule is C=CC(=O)Nc1cccc(Sc2cnc3[nH]cc(-c4cccc(C(F)(F)F)c4)c3n2)c1. The molecule has 2 aromatic carbocycles. The van der Waals surface area contributed by atoms with Crippen LogP contribution < -0.4 is 5.32 Å². The molecule has 0 saturated carbocycles. The van der Waals surface area contributed by atoms with E-state index < -0.39 is 11.7 Å². The van der Waals surface area contributed by atoms with Crippen LogP contribution in [0.4, 0.5) is 18.9 Å². The normalized spacial score (nSPS) is 11.5. The van der Waals surface area contributed by atoms with E-state index in [0.717, 1.165) is 17.0 Å². The summed E-state index contributed by atoms with van der Waals surface area (Å²) in [6.07, 6.45) is -0.0737. The number of fused-ring (bicyclic) bond motifs is 1. The Bertz CT molecular complexity index is 1280. The Labute approximate surface area is 179 Å². The van der Waals surface area contributed by atoms with Gasteiger partial charge in [-0.1, -0.05) is 36.5 Å². The number of amides is 1. The predicted molar refractivity (Wildman–Crippen MR) is 114 cm³/mol. The number of hydrogen-bond donors (Lipinski definition) is 2. The molecule has 0 fully saturated rings. The second kappa shape index (κ2) is 8.27. The summed E-state index contributed by atoms with van der Waals surface area (Å²) in [6.45, 7) is 3.42. The van der Waals surface area contributed by atoms with Gasteiger partial charge in [0.25, 0.3) is 0 Å². The molecular formula is C22H15F3N4OS. The van der Waals surface area contributed by atoms with Gasteiger partial charge in [-0.05, 0) is 42.0 Å². The molecule has 0 saturated heterocycles. The van der Waals surface area contributed by atoms with Gasteiger partial charge in [0, 0.05) is 22.3 Å². The number of aromatic amines is 1. The molecule has 2 aromatic heterocycles. The number of nitrogens with one attached hydrogen (secondary N) is 2. The fourth-order valence-electron chi connectivity index (χ4n) is 2.96. The first kappa shape index (κ1) is 20.7. The van der Waals surface area contributed by atoms with Crippen molar-refractivity contribution in [2.75, 3.05) is 5.32 Å². The maximum atomic E-state index is 13.1. The van der Waals surface area contributed by atoms with Crippen LogP contribution in [-0.4, -0.2) is 20.9 Å². The molecule has 1 amide bonds. The van der Waals surface area contributed by atoms with E-state index in [2.05, 4.69) is 26.8 Å². The van der Waals surface area contributed by atoms with Crippen molar-refractivity contribution in [2.24, 2.45) is 0 Å². The van der Waals surface area contributed by atoms with Crippen molar-refractivity contribution >= 4 is 34.5 Å². The average Bonchev–Trinajstić information content (AvgIpc) is 3.17. The molecule has 9 heteroatoms. The molecule has 2 N–H and O–H groups in total. The second-order valence-electron chi connectivity index (χ2n) is 6.51. The van der Waals surface area contributed by atoms with Crippen LogP contribution in [0.3, 0.4) is 0 Å². The van der Waals surface area contributed by atoms with Gasteiger partial charge in [0.1, 0.15) is 10.5 Å². The van der Waals surface area contributed by atoms with Crippen molar-refractivity contribution in [1.82, 2.24) is 15.0 Å². The maximum absolute atomic E-state index is 13.1. The fraction of sp³-hybridized carbons (Fsp3) is 0.0455. The molecule has 0 spiro atoms. The summed E-state index contributed by atoms with van der Waals surface area (Å²) in [5.41, 5.74) is 1.75. The minimum absolute atomic E-state index is 0.318. The smallest absolute Gasteiger partial charge is 0.344 e. The second-order valence-corrected chi connectivity index (χ2v) is 7.60. The molecule has 31 heavy (non-hydrogen) atoms. The average molecular weight is 440 g/mol. The minimum Gasteiger partial charge on any atom is -0.344 e. The first-order valence-corrected chi connectivity index (χ1v) is 9.88. The van der Waals surface area contributed by atoms with Crippen LogP contribution in [-0.2, 0) is 11.0 Å². The standard InChI is InChI=1S/C22H15F3N4OS/c1-2-18(30)28-15-7-4-8-16(10-15)31-19-12-27-21-20(29-19)17(11-26-21)13-5-3-6-14(9-13)22(23,24)25/h2-12H,1H2,(H,26,27)(H,28,30). The number of alkyl halides is 3. The maximum Gasteiger partial charge on any atom is 0.416 e. The number of nitrogens with zero attached hydrogens (tertiary/aromatic N) is 2. The third-order valence-electron chi connectivity index (χ3n) is 4.37. The quantitative estimate of drug-likeness (QED) is 0.378. The molecule has 0 aliphatic heterocycles. The summed E-state index contributed by atoms with van der Waals surface area (Å²) >= 11 is 1.32. The van der Waals surface area contributed by atoms with Gasteiger partial charge in [-0.3, -0.25) is 4.79 Å². The first-order chi connectivity index (χ1) is 14.8. The highest BCUT2D eigenvalue weighted by molar-refractivity contribution is 7.99. The van der Waals surface area contributed by atoms with Crippen LogP contribution in [0.2, 0.25) is 0 Å². The Hall–Kier alpha value is -3.59. The third kappa shape index (κ3) is 4.61. The highest BCUT2D eigenvalue weighted by Crippen LogP contribution is 2.35. The lowest BCUT2D eigenvalue weighted by atomic mass is 10.0. The van der Waals surface area contributed by atoms with E-state index in [4.69, 9.17) is 0 Å². The molecular weight excluding hydrogens is 425 g/mol. The van der Waals surface area contributed by atoms with E-state index in [1.807, 2.05) is 6.07 Å². The van der Waals surface area contributed by atoms with Crippen LogP contribution in [0.1, 0.15) is 5.56 Å². The van der Waals surface area contributed by atoms with Gasteiger partial charge in [-0.25, -0.2) is 9.97 Å². The van der Waals surface area contributed by atoms with Crippen molar-refractivity contribution in [3.05, 3.63) is 79.1 Å². The number of rotatable bonds is 5. The molecule has 4 aromatic rings. The van der Waals surface area contributed by atoms with Gasteiger partial charge in [0.2, 0.25) is 5.91 Å². The van der Waals surface area contributed by atoms with Crippen molar-refractivity contribution in [3.8, 4) is 11.1 Å². The summed E-state index contributed by atoms with van der Waals surface area (Å²) in [5.74, 6) is -0.318. The minimum atomic E-state index is -4.43. The Morgan fingerprint density at radius 1 is 1.16 bits per heavy atom. The van der Waals surface area contributed by atoms with Crippen molar-refractivity contribution < 1.29 is 18.0 Å². The van der Waals surface area contributed by atoms with Crippen LogP contribution >= 0.6 is 11.8 Å². The van der Waals surface area contributed by atoms with Gasteiger partial charge in [0.15, 0.2) is 5.65 Å². The first-order valence-electron chi connectivity index (χ1n) is 9.06. The topological polar surface area (TPSA) is 70.7 Å². The molecule has 0 atom stereocenters. The Morgan fingerprint density at radius 3 is 2.74 bits per heavy atom. The molecule has 2 heterocycles. The van der Waals surface area contributed by atoms with Crippen LogP contribution in [0.5, 0.6) is 0 Å². The highest BCUT2D eigenvalue weighted by Gasteiger charge is 2.30. The lowest BCUT2D eigenvalue weighted by molar-refractivity contribution is -0.137. The number of benzene rings is 2. The highest BCUT2D eigenvalue weighted by atomic mass is 32.2. The number of aromatic nitrogens is 3. The Morgan fingerprint density at radius 2 is 1.97 bits per heavy atom. The van der Waals surface area contributed by atoms with Crippen LogP contribution in [0, 0.1) is 0 Å². The van der Waals surface area contributed by atoms with Gasteiger partial charge < -0.3 is 10.3 Å². The summed E-state index contributed by atoms with van der Waals surface area (Å²) in [6, 6.07) is 12.3. The van der Waals surface area contributed by atoms with Crippen molar-refractivity contribution in [1.29, 1.82) is 0 Å². The summed E-state index contributed by atoms with van der Waals surface area (Å²) in [4.78, 5) is 24.2. The molecule has 0 radical (unpaired) electrons. The van der Waals surface area contributed by atoms with E-state index in [1.165, 1.54) is 23.9 Å². The molecule has 0 bridgehead atoms. The molecule has 156 valence electrons. The predicted octanol–water partition coefficient (Wildman–Crippen LogP) is 5.92. The third-order valence-corrected chi connectivity index (χ3v) is 5.26. The van der Waals surface area contributed by atoms with Gasteiger partial charge >= 0.3 is 6.18 Å². The van der Waals surface area contributed by atoms with E-state index in [9.17, 15) is 18.0 Å². The number of carbonyl (C=O) groups excluding carboxylic acids is 1. The molecule has 0 aliphatic carbocycles. The Balaban J connectivity index is 1.66. The summed E-state index contributed by atoms with van der Waals surface area (Å²) < 4.78 is 39.3. The van der Waals surface area contributed by atoms with E-state index in [-0.39, 0.29) is 5.91 Å². The molecule has 4 rings (SSSR count). The largest absolute Gasteiger partial charge is 0.416 e. The Kier molecular flexibility index (Phi) is 5.51. The van der Waals surface area contributed by atoms with Crippen LogP contribution in [0.25, 0.3) is 22.3 Å². The zero-order valence-corrected chi connectivity index (χ0v) is 16.7. The van der Waals surface area contributed by atoms with E-state index in [1.54, 1.807) is 36.7 Å². The molecule has 5 nitrogen and oxygen atoms in total. The van der Waals surface area contributed by atoms with E-state index >= 15 is 0 Å². The van der Waals surface area contributed by atoms with Gasteiger partial charge in [-0.2, -0.15) is 13.2 Å². The van der Waals surface area contributed by atoms with Crippen molar-refractivity contribution in [3.63, 3.8) is 0 Å². The summed E-state index contributed by atoms with van der Waals surface area (Å²) in [7, 11) is 0. The zero-order chi connectivity index (χ0) is 22.0. The lowest BCUT2D eigenvalue weighted by Crippen LogP contribution is -2.06. The van der Waals surface area contributed by atoms with Gasteiger partial charge in [0.05, 0.1) is 11.8 Å². The van der Waals surface area contributed by atoms with Crippen molar-refractivity contribution in [2.45, 2.75) is 16.1 Å². The number of anilines is 1. The van der Waals surface area contributed by atoms with E-state index in [0.29, 0.717) is 33.0 Å². The fourth-order valence-corrected chi connectivity index (χ4v) is 3.78. The molecule has 0 unspecified atom stereocenters. The number of carbonyl (C=O) groups is 1. The molecule has 0 aliphatic rings. The van der Waals surface area contributed by atoms with Crippen LogP contribution in [0.15, 0.2) is 83.5 Å². The summed E-state index contributed by atoms with van der Waals surface area (Å²) in [5, 5.41) is 3.25. The number of H-pyrrole nitrogens is 1. The number of hydrogen-bond acceptors (Lipinski definition) is 4. The zero-order valence-electron chi connectivity index (χ0n) is 15.9. The van der Waals surface area contributed by atoms with Gasteiger partial charge in [-0.15, -0.1) is 0 Å². The number of halogens is 3.